The zero-order chi connectivity index (χ0) is 23.2. The van der Waals surface area contributed by atoms with Crippen LogP contribution in [0.5, 0.6) is 11.5 Å². The van der Waals surface area contributed by atoms with Crippen molar-refractivity contribution in [2.45, 2.75) is 39.8 Å². The van der Waals surface area contributed by atoms with Crippen LogP contribution in [0.2, 0.25) is 0 Å². The number of β-lactam (4-membered cyclic amide) rings is 2. The molecule has 2 aliphatic heterocycles. The van der Waals surface area contributed by atoms with Crippen molar-refractivity contribution < 1.29 is 19.1 Å². The van der Waals surface area contributed by atoms with Crippen LogP contribution in [-0.2, 0) is 9.59 Å². The first-order valence-corrected chi connectivity index (χ1v) is 11.2. The molecular formula is C26H32N2O4. The average molecular weight is 437 g/mol. The monoisotopic (exact) mass is 436 g/mol. The van der Waals surface area contributed by atoms with E-state index in [1.807, 2.05) is 58.3 Å². The molecule has 2 saturated heterocycles. The van der Waals surface area contributed by atoms with Crippen molar-refractivity contribution >= 4 is 23.2 Å². The number of hydrogen-bond acceptors (Lipinski definition) is 4. The van der Waals surface area contributed by atoms with E-state index >= 15 is 0 Å². The van der Waals surface area contributed by atoms with Crippen molar-refractivity contribution in [2.24, 2.45) is 23.7 Å². The molecule has 2 aliphatic rings. The molecule has 4 rings (SSSR count). The Kier molecular flexibility index (Phi) is 5.89. The van der Waals surface area contributed by atoms with Crippen LogP contribution in [0, 0.1) is 23.7 Å². The van der Waals surface area contributed by atoms with Crippen molar-refractivity contribution in [1.82, 2.24) is 0 Å². The molecule has 0 radical (unpaired) electrons. The van der Waals surface area contributed by atoms with Crippen LogP contribution in [0.3, 0.4) is 0 Å². The van der Waals surface area contributed by atoms with E-state index in [0.717, 1.165) is 22.9 Å². The maximum absolute atomic E-state index is 13.3. The minimum atomic E-state index is -0.128. The zero-order valence-corrected chi connectivity index (χ0v) is 19.6. The fourth-order valence-electron chi connectivity index (χ4n) is 5.24. The van der Waals surface area contributed by atoms with Gasteiger partial charge < -0.3 is 19.3 Å². The van der Waals surface area contributed by atoms with Gasteiger partial charge in [-0.2, -0.15) is 0 Å². The zero-order valence-electron chi connectivity index (χ0n) is 19.6. The second kappa shape index (κ2) is 8.49. The van der Waals surface area contributed by atoms with Crippen LogP contribution in [-0.4, -0.2) is 38.1 Å². The molecule has 0 aliphatic carbocycles. The lowest BCUT2D eigenvalue weighted by Crippen LogP contribution is -2.78. The summed E-state index contributed by atoms with van der Waals surface area (Å²) in [6, 6.07) is 15.0. The summed E-state index contributed by atoms with van der Waals surface area (Å²) in [5.41, 5.74) is 1.68. The predicted octanol–water partition coefficient (Wildman–Crippen LogP) is 4.38. The number of ether oxygens (including phenoxy) is 2. The molecule has 0 unspecified atom stereocenters. The summed E-state index contributed by atoms with van der Waals surface area (Å²) in [5.74, 6) is 1.84. The highest BCUT2D eigenvalue weighted by molar-refractivity contribution is 6.08. The van der Waals surface area contributed by atoms with Gasteiger partial charge in [-0.3, -0.25) is 9.59 Å². The third-order valence-corrected chi connectivity index (χ3v) is 6.86. The summed E-state index contributed by atoms with van der Waals surface area (Å²) in [6.45, 7) is 8.35. The maximum Gasteiger partial charge on any atom is 0.232 e. The predicted molar refractivity (Wildman–Crippen MR) is 125 cm³/mol. The van der Waals surface area contributed by atoms with Crippen molar-refractivity contribution in [3.63, 3.8) is 0 Å². The summed E-state index contributed by atoms with van der Waals surface area (Å²) in [7, 11) is 3.25. The van der Waals surface area contributed by atoms with E-state index in [1.165, 1.54) is 0 Å². The van der Waals surface area contributed by atoms with E-state index in [-0.39, 0.29) is 47.6 Å². The van der Waals surface area contributed by atoms with Gasteiger partial charge in [-0.1, -0.05) is 27.7 Å². The topological polar surface area (TPSA) is 59.1 Å². The van der Waals surface area contributed by atoms with Gasteiger partial charge in [-0.15, -0.1) is 0 Å². The van der Waals surface area contributed by atoms with Crippen LogP contribution >= 0.6 is 0 Å². The Balaban J connectivity index is 1.74. The van der Waals surface area contributed by atoms with Crippen LogP contribution in [0.1, 0.15) is 27.7 Å². The Labute approximate surface area is 190 Å². The lowest BCUT2D eigenvalue weighted by atomic mass is 9.65. The highest BCUT2D eigenvalue weighted by Crippen LogP contribution is 2.48. The first-order chi connectivity index (χ1) is 15.3. The van der Waals surface area contributed by atoms with Crippen molar-refractivity contribution in [2.75, 3.05) is 24.0 Å². The molecule has 4 atom stereocenters. The molecule has 2 amide bonds. The number of hydrogen-bond donors (Lipinski definition) is 0. The SMILES string of the molecule is COc1ccc(N2C(=O)[C@@H](C(C)C)[C@H]2[C@@H]2[C@H](C(C)C)C(=O)N2c2ccc(OC)cc2)cc1. The molecule has 32 heavy (non-hydrogen) atoms. The van der Waals surface area contributed by atoms with Gasteiger partial charge in [0, 0.05) is 11.4 Å². The first-order valence-electron chi connectivity index (χ1n) is 11.2. The van der Waals surface area contributed by atoms with Gasteiger partial charge in [-0.05, 0) is 60.4 Å². The standard InChI is InChI=1S/C26H32N2O4/c1-15(2)21-23(27(25(21)29)17-7-11-19(31-5)12-8-17)24-22(16(3)4)26(30)28(24)18-9-13-20(32-6)14-10-18/h7-16,21-24H,1-6H3/t21-,22-,23-,24-/m0/s1. The third kappa shape index (κ3) is 3.42. The Morgan fingerprint density at radius 2 is 0.938 bits per heavy atom. The lowest BCUT2D eigenvalue weighted by molar-refractivity contribution is -0.142. The van der Waals surface area contributed by atoms with Crippen molar-refractivity contribution in [3.05, 3.63) is 48.5 Å². The average Bonchev–Trinajstić information content (AvgIpc) is 2.76. The van der Waals surface area contributed by atoms with E-state index < -0.39 is 0 Å². The number of anilines is 2. The number of benzene rings is 2. The van der Waals surface area contributed by atoms with Crippen LogP contribution in [0.15, 0.2) is 48.5 Å². The van der Waals surface area contributed by atoms with E-state index in [1.54, 1.807) is 14.2 Å². The Morgan fingerprint density at radius 3 is 1.19 bits per heavy atom. The molecule has 2 fully saturated rings. The van der Waals surface area contributed by atoms with Gasteiger partial charge in [0.05, 0.1) is 38.1 Å². The van der Waals surface area contributed by atoms with Gasteiger partial charge in [0.15, 0.2) is 0 Å². The second-order valence-corrected chi connectivity index (χ2v) is 9.33. The van der Waals surface area contributed by atoms with E-state index in [9.17, 15) is 9.59 Å². The Hall–Kier alpha value is -3.02. The lowest BCUT2D eigenvalue weighted by Gasteiger charge is -2.61. The van der Waals surface area contributed by atoms with E-state index in [4.69, 9.17) is 9.47 Å². The molecule has 0 aromatic heterocycles. The van der Waals surface area contributed by atoms with Crippen LogP contribution in [0.4, 0.5) is 11.4 Å². The number of rotatable bonds is 7. The van der Waals surface area contributed by atoms with Gasteiger partial charge in [0.25, 0.3) is 0 Å². The fourth-order valence-corrected chi connectivity index (χ4v) is 5.24. The first kappa shape index (κ1) is 22.2. The largest absolute Gasteiger partial charge is 0.497 e. The number of methoxy groups -OCH3 is 2. The summed E-state index contributed by atoms with van der Waals surface area (Å²) < 4.78 is 10.6. The minimum Gasteiger partial charge on any atom is -0.497 e. The molecule has 6 nitrogen and oxygen atoms in total. The summed E-state index contributed by atoms with van der Waals surface area (Å²) in [6.07, 6.45) is 0. The highest BCUT2D eigenvalue weighted by Gasteiger charge is 2.63. The van der Waals surface area contributed by atoms with Gasteiger partial charge in [0.2, 0.25) is 11.8 Å². The van der Waals surface area contributed by atoms with Crippen molar-refractivity contribution in [3.8, 4) is 11.5 Å². The Bertz CT molecular complexity index is 902. The van der Waals surface area contributed by atoms with Crippen LogP contribution in [0.25, 0.3) is 0 Å². The number of carbonyl (C=O) groups excluding carboxylic acids is 2. The third-order valence-electron chi connectivity index (χ3n) is 6.86. The fraction of sp³-hybridized carbons (Fsp3) is 0.462. The van der Waals surface area contributed by atoms with E-state index in [0.29, 0.717) is 0 Å². The van der Waals surface area contributed by atoms with Gasteiger partial charge >= 0.3 is 0 Å². The normalized spacial score (nSPS) is 25.1. The number of carbonyl (C=O) groups is 2. The van der Waals surface area contributed by atoms with Crippen LogP contribution < -0.4 is 19.3 Å². The molecule has 0 N–H and O–H groups in total. The van der Waals surface area contributed by atoms with Gasteiger partial charge in [0.1, 0.15) is 11.5 Å². The van der Waals surface area contributed by atoms with E-state index in [2.05, 4.69) is 27.7 Å². The van der Waals surface area contributed by atoms with Crippen molar-refractivity contribution in [1.29, 1.82) is 0 Å². The molecule has 2 aromatic carbocycles. The maximum atomic E-state index is 13.3. The number of amides is 2. The quantitative estimate of drug-likeness (QED) is 0.605. The molecule has 6 heteroatoms. The molecular weight excluding hydrogens is 404 g/mol. The molecule has 0 bridgehead atoms. The summed E-state index contributed by atoms with van der Waals surface area (Å²) in [4.78, 5) is 30.3. The molecule has 170 valence electrons. The van der Waals surface area contributed by atoms with Gasteiger partial charge in [-0.25, -0.2) is 0 Å². The minimum absolute atomic E-state index is 0.0805. The second-order valence-electron chi connectivity index (χ2n) is 9.33. The number of nitrogens with zero attached hydrogens (tertiary/aromatic N) is 2. The molecule has 0 saturated carbocycles. The highest BCUT2D eigenvalue weighted by atomic mass is 16.5. The summed E-state index contributed by atoms with van der Waals surface area (Å²) >= 11 is 0. The molecule has 2 heterocycles. The molecule has 0 spiro atoms. The molecule has 2 aromatic rings. The Morgan fingerprint density at radius 1 is 0.625 bits per heavy atom. The smallest absolute Gasteiger partial charge is 0.232 e. The summed E-state index contributed by atoms with van der Waals surface area (Å²) in [5, 5.41) is 0.